The standard InChI is InChI=1S/C17H20OS2/c18-11-14(13-5-2-1-3-6-13)9-16-10-15(12-20-16)17-7-4-8-19-17/h4,7-10,12-13,18H,1-3,5-6,11H2/b14-9-. The van der Waals surface area contributed by atoms with Crippen molar-refractivity contribution in [3.63, 3.8) is 0 Å². The Labute approximate surface area is 128 Å². The van der Waals surface area contributed by atoms with E-state index < -0.39 is 0 Å². The van der Waals surface area contributed by atoms with Crippen molar-refractivity contribution in [3.05, 3.63) is 39.4 Å². The number of hydrogen-bond donors (Lipinski definition) is 1. The van der Waals surface area contributed by atoms with Gasteiger partial charge in [0, 0.05) is 15.3 Å². The highest BCUT2D eigenvalue weighted by atomic mass is 32.1. The molecule has 1 fully saturated rings. The van der Waals surface area contributed by atoms with Gasteiger partial charge in [0.15, 0.2) is 0 Å². The molecule has 0 unspecified atom stereocenters. The van der Waals surface area contributed by atoms with Crippen molar-refractivity contribution >= 4 is 28.7 Å². The molecular formula is C17H20OS2. The van der Waals surface area contributed by atoms with Crippen molar-refractivity contribution < 1.29 is 5.11 Å². The Balaban J connectivity index is 1.79. The summed E-state index contributed by atoms with van der Waals surface area (Å²) in [6, 6.07) is 6.50. The lowest BCUT2D eigenvalue weighted by molar-refractivity contribution is 0.295. The summed E-state index contributed by atoms with van der Waals surface area (Å²) in [5.41, 5.74) is 2.53. The molecule has 1 aliphatic rings. The predicted octanol–water partition coefficient (Wildman–Crippen LogP) is 5.43. The lowest BCUT2D eigenvalue weighted by Gasteiger charge is -2.23. The Bertz CT molecular complexity index is 560. The third-order valence-corrected chi connectivity index (χ3v) is 5.86. The first-order chi connectivity index (χ1) is 9.86. The Hall–Kier alpha value is -0.900. The summed E-state index contributed by atoms with van der Waals surface area (Å²) < 4.78 is 0. The third kappa shape index (κ3) is 3.22. The number of aliphatic hydroxyl groups excluding tert-OH is 1. The van der Waals surface area contributed by atoms with Crippen LogP contribution in [0.15, 0.2) is 34.5 Å². The van der Waals surface area contributed by atoms with E-state index in [1.54, 1.807) is 22.7 Å². The van der Waals surface area contributed by atoms with E-state index in [9.17, 15) is 5.11 Å². The molecule has 1 saturated carbocycles. The van der Waals surface area contributed by atoms with Crippen LogP contribution in [0.2, 0.25) is 0 Å². The zero-order valence-corrected chi connectivity index (χ0v) is 13.2. The van der Waals surface area contributed by atoms with Crippen LogP contribution in [0.4, 0.5) is 0 Å². The molecule has 1 aliphatic carbocycles. The van der Waals surface area contributed by atoms with Gasteiger partial charge >= 0.3 is 0 Å². The van der Waals surface area contributed by atoms with Gasteiger partial charge in [-0.1, -0.05) is 25.3 Å². The largest absolute Gasteiger partial charge is 0.392 e. The fourth-order valence-electron chi connectivity index (χ4n) is 2.95. The third-order valence-electron chi connectivity index (χ3n) is 4.07. The topological polar surface area (TPSA) is 20.2 Å². The molecule has 3 heteroatoms. The first kappa shape index (κ1) is 14.1. The summed E-state index contributed by atoms with van der Waals surface area (Å²) >= 11 is 3.55. The molecule has 2 aromatic heterocycles. The van der Waals surface area contributed by atoms with Gasteiger partial charge in [-0.2, -0.15) is 0 Å². The molecule has 0 aliphatic heterocycles. The zero-order valence-electron chi connectivity index (χ0n) is 11.5. The van der Waals surface area contributed by atoms with E-state index in [1.807, 2.05) is 0 Å². The van der Waals surface area contributed by atoms with Gasteiger partial charge in [-0.3, -0.25) is 0 Å². The average Bonchev–Trinajstić information content (AvgIpc) is 3.16. The van der Waals surface area contributed by atoms with E-state index >= 15 is 0 Å². The lowest BCUT2D eigenvalue weighted by Crippen LogP contribution is -2.11. The van der Waals surface area contributed by atoms with Crippen LogP contribution in [-0.2, 0) is 0 Å². The van der Waals surface area contributed by atoms with Crippen molar-refractivity contribution in [1.82, 2.24) is 0 Å². The van der Waals surface area contributed by atoms with E-state index in [0.29, 0.717) is 5.92 Å². The highest BCUT2D eigenvalue weighted by molar-refractivity contribution is 7.15. The molecule has 0 spiro atoms. The van der Waals surface area contributed by atoms with Crippen LogP contribution in [0.1, 0.15) is 37.0 Å². The molecule has 0 bridgehead atoms. The SMILES string of the molecule is OC/C(=C/c1cc(-c2cccs2)cs1)C1CCCCC1. The number of rotatable bonds is 4. The molecule has 2 aromatic rings. The minimum atomic E-state index is 0.205. The maximum absolute atomic E-state index is 9.67. The van der Waals surface area contributed by atoms with Crippen LogP contribution in [-0.4, -0.2) is 11.7 Å². The molecule has 2 heterocycles. The van der Waals surface area contributed by atoms with Crippen molar-refractivity contribution in [2.24, 2.45) is 5.92 Å². The fraction of sp³-hybridized carbons (Fsp3) is 0.412. The van der Waals surface area contributed by atoms with Crippen molar-refractivity contribution in [2.45, 2.75) is 32.1 Å². The normalized spacial score (nSPS) is 17.6. The molecule has 0 atom stereocenters. The van der Waals surface area contributed by atoms with Crippen LogP contribution >= 0.6 is 22.7 Å². The van der Waals surface area contributed by atoms with Crippen LogP contribution < -0.4 is 0 Å². The van der Waals surface area contributed by atoms with Crippen LogP contribution in [0.25, 0.3) is 16.5 Å². The Morgan fingerprint density at radius 2 is 2.10 bits per heavy atom. The Kier molecular flexibility index (Phi) is 4.71. The van der Waals surface area contributed by atoms with Crippen molar-refractivity contribution in [3.8, 4) is 10.4 Å². The molecule has 0 saturated heterocycles. The van der Waals surface area contributed by atoms with E-state index in [4.69, 9.17) is 0 Å². The summed E-state index contributed by atoms with van der Waals surface area (Å²) in [6.45, 7) is 0.205. The molecular weight excluding hydrogens is 284 g/mol. The van der Waals surface area contributed by atoms with Gasteiger partial charge in [-0.15, -0.1) is 22.7 Å². The van der Waals surface area contributed by atoms with Crippen LogP contribution in [0, 0.1) is 5.92 Å². The maximum Gasteiger partial charge on any atom is 0.0648 e. The second kappa shape index (κ2) is 6.70. The highest BCUT2D eigenvalue weighted by Crippen LogP contribution is 2.34. The number of aliphatic hydroxyl groups is 1. The summed E-state index contributed by atoms with van der Waals surface area (Å²) in [5, 5.41) is 14.0. The van der Waals surface area contributed by atoms with Gasteiger partial charge < -0.3 is 5.11 Å². The maximum atomic E-state index is 9.67. The molecule has 3 rings (SSSR count). The van der Waals surface area contributed by atoms with Gasteiger partial charge in [-0.05, 0) is 53.3 Å². The first-order valence-electron chi connectivity index (χ1n) is 7.30. The molecule has 0 amide bonds. The van der Waals surface area contributed by atoms with E-state index in [0.717, 1.165) is 0 Å². The predicted molar refractivity (Wildman–Crippen MR) is 89.3 cm³/mol. The Morgan fingerprint density at radius 3 is 2.80 bits per heavy atom. The van der Waals surface area contributed by atoms with Crippen molar-refractivity contribution in [2.75, 3.05) is 6.61 Å². The summed E-state index contributed by atoms with van der Waals surface area (Å²) in [6.07, 6.45) is 8.69. The van der Waals surface area contributed by atoms with Gasteiger partial charge in [-0.25, -0.2) is 0 Å². The first-order valence-corrected chi connectivity index (χ1v) is 9.06. The van der Waals surface area contributed by atoms with Crippen molar-refractivity contribution in [1.29, 1.82) is 0 Å². The Morgan fingerprint density at radius 1 is 1.25 bits per heavy atom. The summed E-state index contributed by atoms with van der Waals surface area (Å²) in [5.74, 6) is 0.598. The molecule has 20 heavy (non-hydrogen) atoms. The second-order valence-electron chi connectivity index (χ2n) is 5.43. The highest BCUT2D eigenvalue weighted by Gasteiger charge is 2.17. The minimum absolute atomic E-state index is 0.205. The smallest absolute Gasteiger partial charge is 0.0648 e. The van der Waals surface area contributed by atoms with Gasteiger partial charge in [0.1, 0.15) is 0 Å². The molecule has 106 valence electrons. The quantitative estimate of drug-likeness (QED) is 0.798. The van der Waals surface area contributed by atoms with Gasteiger partial charge in [0.05, 0.1) is 6.61 Å². The summed E-state index contributed by atoms with van der Waals surface area (Å²) in [7, 11) is 0. The molecule has 1 nitrogen and oxygen atoms in total. The molecule has 1 N–H and O–H groups in total. The van der Waals surface area contributed by atoms with E-state index in [2.05, 4.69) is 35.0 Å². The van der Waals surface area contributed by atoms with Crippen LogP contribution in [0.5, 0.6) is 0 Å². The number of thiophene rings is 2. The minimum Gasteiger partial charge on any atom is -0.392 e. The van der Waals surface area contributed by atoms with Gasteiger partial charge in [0.25, 0.3) is 0 Å². The van der Waals surface area contributed by atoms with Crippen LogP contribution in [0.3, 0.4) is 0 Å². The van der Waals surface area contributed by atoms with E-state index in [1.165, 1.54) is 53.0 Å². The zero-order chi connectivity index (χ0) is 13.8. The lowest BCUT2D eigenvalue weighted by atomic mass is 9.84. The monoisotopic (exact) mass is 304 g/mol. The van der Waals surface area contributed by atoms with E-state index in [-0.39, 0.29) is 6.61 Å². The average molecular weight is 304 g/mol. The van der Waals surface area contributed by atoms with Gasteiger partial charge in [0.2, 0.25) is 0 Å². The second-order valence-corrected chi connectivity index (χ2v) is 7.32. The fourth-order valence-corrected chi connectivity index (χ4v) is 4.61. The summed E-state index contributed by atoms with van der Waals surface area (Å²) in [4.78, 5) is 2.59. The molecule has 0 radical (unpaired) electrons. The number of hydrogen-bond acceptors (Lipinski definition) is 3. The molecule has 0 aromatic carbocycles.